The second kappa shape index (κ2) is 12.4. The maximum absolute atomic E-state index is 14.0. The van der Waals surface area contributed by atoms with Crippen molar-refractivity contribution in [2.45, 2.75) is 38.9 Å². The molecule has 2 aliphatic heterocycles. The minimum atomic E-state index is -0.747. The minimum absolute atomic E-state index is 0.151. The Morgan fingerprint density at radius 1 is 1.00 bits per heavy atom. The molecule has 0 bridgehead atoms. The third-order valence-corrected chi connectivity index (χ3v) is 8.27. The molecule has 2 unspecified atom stereocenters. The summed E-state index contributed by atoms with van der Waals surface area (Å²) in [6.07, 6.45) is 0.688. The van der Waals surface area contributed by atoms with Crippen LogP contribution in [0.3, 0.4) is 0 Å². The highest BCUT2D eigenvalue weighted by atomic mass is 35.5. The van der Waals surface area contributed by atoms with Crippen molar-refractivity contribution < 1.29 is 14.4 Å². The highest BCUT2D eigenvalue weighted by molar-refractivity contribution is 6.35. The van der Waals surface area contributed by atoms with Crippen LogP contribution in [0.5, 0.6) is 0 Å². The molecule has 41 heavy (non-hydrogen) atoms. The van der Waals surface area contributed by atoms with Crippen LogP contribution in [-0.2, 0) is 22.6 Å². The quantitative estimate of drug-likeness (QED) is 0.340. The minimum Gasteiger partial charge on any atom is -0.336 e. The summed E-state index contributed by atoms with van der Waals surface area (Å²) in [5.41, 5.74) is 3.74. The first kappa shape index (κ1) is 28.7. The fourth-order valence-corrected chi connectivity index (χ4v) is 6.02. The molecule has 0 aromatic heterocycles. The number of benzene rings is 3. The number of nitrogens with one attached hydrogen (secondary N) is 1. The molecule has 2 heterocycles. The molecule has 5 rings (SSSR count). The number of rotatable bonds is 9. The van der Waals surface area contributed by atoms with Crippen molar-refractivity contribution in [2.75, 3.05) is 19.6 Å². The van der Waals surface area contributed by atoms with Gasteiger partial charge in [-0.05, 0) is 49.1 Å². The van der Waals surface area contributed by atoms with Crippen molar-refractivity contribution in [3.63, 3.8) is 0 Å². The monoisotopic (exact) mass is 590 g/mol. The van der Waals surface area contributed by atoms with E-state index in [-0.39, 0.29) is 24.4 Å². The average molecular weight is 592 g/mol. The van der Waals surface area contributed by atoms with Gasteiger partial charge in [-0.1, -0.05) is 89.9 Å². The number of likely N-dealkylation sites (N-methyl/N-ethyl adjacent to an activating group) is 1. The predicted octanol–water partition coefficient (Wildman–Crippen LogP) is 5.84. The van der Waals surface area contributed by atoms with Gasteiger partial charge >= 0.3 is 6.03 Å². The topological polar surface area (TPSA) is 73.0 Å². The van der Waals surface area contributed by atoms with Crippen LogP contribution in [0, 0.1) is 0 Å². The van der Waals surface area contributed by atoms with Gasteiger partial charge in [-0.25, -0.2) is 4.79 Å². The van der Waals surface area contributed by atoms with Crippen LogP contribution in [0.2, 0.25) is 10.0 Å². The summed E-state index contributed by atoms with van der Waals surface area (Å²) in [5.74, 6) is -0.445. The standard InChI is InChI=1S/C32H32Cl2N4O3/c1-3-37-27-20-38(31(40)28(27)29(35-32(37)41)25-15-14-24(33)18-26(25)34)21(2)30(39)36(19-23-12-8-5-9-13-23)17-16-22-10-6-4-7-11-22/h4-15,18,21,29H,3,16-17,19-20H2,1-2H3,(H,35,41). The van der Waals surface area contributed by atoms with Gasteiger partial charge in [0, 0.05) is 29.7 Å². The highest BCUT2D eigenvalue weighted by Gasteiger charge is 2.46. The van der Waals surface area contributed by atoms with Crippen molar-refractivity contribution in [3.8, 4) is 0 Å². The Kier molecular flexibility index (Phi) is 8.66. The molecule has 2 atom stereocenters. The smallest absolute Gasteiger partial charge is 0.322 e. The summed E-state index contributed by atoms with van der Waals surface area (Å²) in [6, 6.07) is 23.0. The Labute approximate surface area is 250 Å². The van der Waals surface area contributed by atoms with E-state index in [2.05, 4.69) is 5.32 Å². The summed E-state index contributed by atoms with van der Waals surface area (Å²) < 4.78 is 0. The number of nitrogens with zero attached hydrogens (tertiary/aromatic N) is 3. The maximum atomic E-state index is 14.0. The number of carbonyl (C=O) groups excluding carboxylic acids is 3. The van der Waals surface area contributed by atoms with E-state index in [1.165, 1.54) is 0 Å². The fraction of sp³-hybridized carbons (Fsp3) is 0.281. The van der Waals surface area contributed by atoms with Gasteiger partial charge in [0.25, 0.3) is 5.91 Å². The Balaban J connectivity index is 1.42. The summed E-state index contributed by atoms with van der Waals surface area (Å²) in [5, 5.41) is 3.75. The molecular formula is C32H32Cl2N4O3. The molecule has 212 valence electrons. The number of carbonyl (C=O) groups is 3. The van der Waals surface area contributed by atoms with Gasteiger partial charge in [0.2, 0.25) is 5.91 Å². The van der Waals surface area contributed by atoms with Gasteiger partial charge in [0.05, 0.1) is 23.9 Å². The van der Waals surface area contributed by atoms with E-state index in [1.807, 2.05) is 72.5 Å². The van der Waals surface area contributed by atoms with Gasteiger partial charge < -0.3 is 15.1 Å². The number of urea groups is 1. The lowest BCUT2D eigenvalue weighted by Gasteiger charge is -2.33. The van der Waals surface area contributed by atoms with E-state index in [4.69, 9.17) is 23.2 Å². The molecule has 9 heteroatoms. The lowest BCUT2D eigenvalue weighted by molar-refractivity contribution is -0.142. The van der Waals surface area contributed by atoms with Crippen LogP contribution >= 0.6 is 23.2 Å². The second-order valence-corrected chi connectivity index (χ2v) is 11.1. The van der Waals surface area contributed by atoms with Crippen LogP contribution in [0.25, 0.3) is 0 Å². The zero-order valence-corrected chi connectivity index (χ0v) is 24.5. The van der Waals surface area contributed by atoms with E-state index in [1.54, 1.807) is 34.9 Å². The van der Waals surface area contributed by atoms with Crippen molar-refractivity contribution >= 4 is 41.0 Å². The molecule has 0 saturated carbocycles. The van der Waals surface area contributed by atoms with Crippen molar-refractivity contribution in [3.05, 3.63) is 117 Å². The lowest BCUT2D eigenvalue weighted by atomic mass is 9.95. The number of hydrogen-bond acceptors (Lipinski definition) is 3. The zero-order valence-electron chi connectivity index (χ0n) is 23.0. The molecule has 0 saturated heterocycles. The van der Waals surface area contributed by atoms with Crippen molar-refractivity contribution in [2.24, 2.45) is 0 Å². The largest absolute Gasteiger partial charge is 0.336 e. The maximum Gasteiger partial charge on any atom is 0.322 e. The second-order valence-electron chi connectivity index (χ2n) is 10.2. The van der Waals surface area contributed by atoms with Crippen LogP contribution in [0.4, 0.5) is 4.79 Å². The van der Waals surface area contributed by atoms with E-state index in [9.17, 15) is 14.4 Å². The summed E-state index contributed by atoms with van der Waals surface area (Å²) >= 11 is 12.6. The van der Waals surface area contributed by atoms with Crippen LogP contribution < -0.4 is 5.32 Å². The molecule has 0 radical (unpaired) electrons. The molecule has 0 spiro atoms. The molecule has 7 nitrogen and oxygen atoms in total. The molecule has 0 fully saturated rings. The summed E-state index contributed by atoms with van der Waals surface area (Å²) in [6.45, 7) is 5.08. The number of amides is 4. The first-order valence-electron chi connectivity index (χ1n) is 13.7. The van der Waals surface area contributed by atoms with E-state index >= 15 is 0 Å². The SMILES string of the molecule is CCN1C(=O)NC(c2ccc(Cl)cc2Cl)C2=C1CN(C(C)C(=O)N(CCc1ccccc1)Cc1ccccc1)C2=O. The zero-order chi connectivity index (χ0) is 29.1. The third kappa shape index (κ3) is 5.97. The van der Waals surface area contributed by atoms with Gasteiger partial charge in [0.1, 0.15) is 6.04 Å². The summed E-state index contributed by atoms with van der Waals surface area (Å²) in [4.78, 5) is 46.1. The number of halogens is 2. The van der Waals surface area contributed by atoms with Gasteiger partial charge in [-0.15, -0.1) is 0 Å². The predicted molar refractivity (Wildman–Crippen MR) is 160 cm³/mol. The molecule has 1 N–H and O–H groups in total. The molecular weight excluding hydrogens is 559 g/mol. The molecule has 2 aliphatic rings. The fourth-order valence-electron chi connectivity index (χ4n) is 5.51. The normalized spacial score (nSPS) is 17.4. The van der Waals surface area contributed by atoms with Crippen LogP contribution in [-0.4, -0.2) is 58.2 Å². The molecule has 4 amide bonds. The Hall–Kier alpha value is -3.81. The third-order valence-electron chi connectivity index (χ3n) is 7.71. The lowest BCUT2D eigenvalue weighted by Crippen LogP contribution is -2.49. The van der Waals surface area contributed by atoms with Crippen LogP contribution in [0.15, 0.2) is 90.1 Å². The first-order valence-corrected chi connectivity index (χ1v) is 14.5. The molecule has 3 aromatic carbocycles. The van der Waals surface area contributed by atoms with E-state index < -0.39 is 12.1 Å². The Morgan fingerprint density at radius 3 is 2.29 bits per heavy atom. The van der Waals surface area contributed by atoms with E-state index in [0.29, 0.717) is 52.9 Å². The van der Waals surface area contributed by atoms with Gasteiger partial charge in [-0.2, -0.15) is 0 Å². The molecule has 0 aliphatic carbocycles. The van der Waals surface area contributed by atoms with Crippen LogP contribution in [0.1, 0.15) is 36.6 Å². The van der Waals surface area contributed by atoms with Gasteiger partial charge in [0.15, 0.2) is 0 Å². The van der Waals surface area contributed by atoms with Gasteiger partial charge in [-0.3, -0.25) is 14.5 Å². The first-order chi connectivity index (χ1) is 19.8. The van der Waals surface area contributed by atoms with E-state index in [0.717, 1.165) is 11.1 Å². The molecule has 3 aromatic rings. The van der Waals surface area contributed by atoms with Crippen molar-refractivity contribution in [1.82, 2.24) is 20.0 Å². The van der Waals surface area contributed by atoms with Crippen molar-refractivity contribution in [1.29, 1.82) is 0 Å². The Morgan fingerprint density at radius 2 is 1.66 bits per heavy atom. The highest BCUT2D eigenvalue weighted by Crippen LogP contribution is 2.39. The number of hydrogen-bond donors (Lipinski definition) is 1. The summed E-state index contributed by atoms with van der Waals surface area (Å²) in [7, 11) is 0. The Bertz CT molecular complexity index is 1480. The average Bonchev–Trinajstić information content (AvgIpc) is 3.32.